The number of benzene rings is 2. The highest BCUT2D eigenvalue weighted by atomic mass is 16.3. The van der Waals surface area contributed by atoms with Crippen molar-refractivity contribution in [2.24, 2.45) is 5.73 Å². The third kappa shape index (κ3) is 5.28. The second kappa shape index (κ2) is 10.1. The Hall–Kier alpha value is -1.64. The molecule has 0 aromatic heterocycles. The first-order valence-electron chi connectivity index (χ1n) is 8.22. The molecule has 0 aliphatic carbocycles. The minimum absolute atomic E-state index is 0.737. The van der Waals surface area contributed by atoms with Gasteiger partial charge in [-0.25, -0.2) is 0 Å². The molecule has 0 aliphatic heterocycles. The van der Waals surface area contributed by atoms with Gasteiger partial charge in [0.2, 0.25) is 0 Å². The molecule has 120 valence electrons. The number of aliphatic hydroxyl groups is 1. The molecule has 0 amide bonds. The van der Waals surface area contributed by atoms with Crippen molar-refractivity contribution in [3.05, 3.63) is 71.8 Å². The van der Waals surface area contributed by atoms with E-state index < -0.39 is 5.60 Å². The maximum absolute atomic E-state index is 11.0. The van der Waals surface area contributed by atoms with Crippen molar-refractivity contribution in [1.82, 2.24) is 0 Å². The highest BCUT2D eigenvalue weighted by Crippen LogP contribution is 2.33. The van der Waals surface area contributed by atoms with Crippen LogP contribution in [0.1, 0.15) is 50.7 Å². The van der Waals surface area contributed by atoms with Crippen molar-refractivity contribution in [1.29, 1.82) is 0 Å². The normalized spacial score (nSPS) is 10.7. The van der Waals surface area contributed by atoms with Gasteiger partial charge >= 0.3 is 0 Å². The second-order valence-electron chi connectivity index (χ2n) is 5.48. The Labute approximate surface area is 135 Å². The molecule has 0 saturated carbocycles. The summed E-state index contributed by atoms with van der Waals surface area (Å²) in [5, 5.41) is 11.0. The predicted molar refractivity (Wildman–Crippen MR) is 94.8 cm³/mol. The van der Waals surface area contributed by atoms with Crippen LogP contribution in [-0.4, -0.2) is 11.7 Å². The molecule has 2 aromatic rings. The van der Waals surface area contributed by atoms with Crippen LogP contribution in [0.3, 0.4) is 0 Å². The van der Waals surface area contributed by atoms with E-state index in [9.17, 15) is 5.11 Å². The molecule has 0 radical (unpaired) electrons. The number of unbranched alkanes of at least 4 members (excludes halogenated alkanes) is 1. The highest BCUT2D eigenvalue weighted by molar-refractivity contribution is 5.35. The molecule has 0 aliphatic rings. The van der Waals surface area contributed by atoms with Crippen molar-refractivity contribution in [3.8, 4) is 0 Å². The van der Waals surface area contributed by atoms with Crippen LogP contribution in [0, 0.1) is 0 Å². The summed E-state index contributed by atoms with van der Waals surface area (Å²) in [7, 11) is 0. The lowest BCUT2D eigenvalue weighted by Crippen LogP contribution is -2.26. The molecular formula is C20H29NO. The molecule has 0 atom stereocenters. The van der Waals surface area contributed by atoms with Crippen molar-refractivity contribution in [2.45, 2.75) is 45.1 Å². The van der Waals surface area contributed by atoms with E-state index in [4.69, 9.17) is 5.73 Å². The minimum Gasteiger partial charge on any atom is -0.380 e. The van der Waals surface area contributed by atoms with Crippen LogP contribution in [-0.2, 0) is 5.60 Å². The molecule has 2 heteroatoms. The van der Waals surface area contributed by atoms with Crippen molar-refractivity contribution in [3.63, 3.8) is 0 Å². The van der Waals surface area contributed by atoms with Crippen LogP contribution >= 0.6 is 0 Å². The summed E-state index contributed by atoms with van der Waals surface area (Å²) in [6.45, 7) is 5.07. The molecule has 0 heterocycles. The summed E-state index contributed by atoms with van der Waals surface area (Å²) in [4.78, 5) is 0. The lowest BCUT2D eigenvalue weighted by atomic mass is 9.83. The fraction of sp³-hybridized carbons (Fsp3) is 0.400. The van der Waals surface area contributed by atoms with E-state index in [0.29, 0.717) is 0 Å². The van der Waals surface area contributed by atoms with E-state index in [1.54, 1.807) is 0 Å². The number of rotatable bonds is 6. The van der Waals surface area contributed by atoms with Crippen molar-refractivity contribution in [2.75, 3.05) is 6.54 Å². The van der Waals surface area contributed by atoms with Gasteiger partial charge in [0.25, 0.3) is 0 Å². The Kier molecular flexibility index (Phi) is 8.49. The maximum atomic E-state index is 11.0. The molecule has 2 rings (SSSR count). The molecule has 2 aromatic carbocycles. The summed E-state index contributed by atoms with van der Waals surface area (Å²) in [5.74, 6) is 0. The quantitative estimate of drug-likeness (QED) is 0.826. The highest BCUT2D eigenvalue weighted by Gasteiger charge is 2.29. The molecule has 0 bridgehead atoms. The minimum atomic E-state index is -0.864. The van der Waals surface area contributed by atoms with Gasteiger partial charge in [0.1, 0.15) is 5.60 Å². The zero-order chi connectivity index (χ0) is 16.3. The molecule has 0 unspecified atom stereocenters. The lowest BCUT2D eigenvalue weighted by Gasteiger charge is -2.29. The molecule has 0 spiro atoms. The number of hydrogen-bond acceptors (Lipinski definition) is 2. The SMILES string of the molecule is CCCC(O)(c1ccccc1)c1ccccc1.CCCCN. The van der Waals surface area contributed by atoms with Crippen LogP contribution in [0.25, 0.3) is 0 Å². The van der Waals surface area contributed by atoms with Crippen molar-refractivity contribution >= 4 is 0 Å². The average Bonchev–Trinajstić information content (AvgIpc) is 2.58. The Morgan fingerprint density at radius 2 is 1.27 bits per heavy atom. The van der Waals surface area contributed by atoms with Gasteiger partial charge < -0.3 is 10.8 Å². The van der Waals surface area contributed by atoms with Gasteiger partial charge in [0.15, 0.2) is 0 Å². The van der Waals surface area contributed by atoms with Crippen LogP contribution in [0.5, 0.6) is 0 Å². The summed E-state index contributed by atoms with van der Waals surface area (Å²) in [6.07, 6.45) is 4.07. The first-order chi connectivity index (χ1) is 10.7. The largest absolute Gasteiger partial charge is 0.380 e. The topological polar surface area (TPSA) is 46.2 Å². The Bertz CT molecular complexity index is 454. The van der Waals surface area contributed by atoms with E-state index in [1.165, 1.54) is 12.8 Å². The Balaban J connectivity index is 0.000000422. The number of nitrogens with two attached hydrogens (primary N) is 1. The molecule has 0 saturated heterocycles. The van der Waals surface area contributed by atoms with E-state index in [1.807, 2.05) is 60.7 Å². The molecule has 0 fully saturated rings. The van der Waals surface area contributed by atoms with Crippen LogP contribution in [0.2, 0.25) is 0 Å². The Morgan fingerprint density at radius 1 is 0.818 bits per heavy atom. The standard InChI is InChI=1S/C16H18O.C4H11N/c1-2-13-16(17,14-9-5-3-6-10-14)15-11-7-4-8-12-15;1-2-3-4-5/h3-12,17H,2,13H2,1H3;2-5H2,1H3. The van der Waals surface area contributed by atoms with Crippen LogP contribution in [0.15, 0.2) is 60.7 Å². The molecule has 22 heavy (non-hydrogen) atoms. The van der Waals surface area contributed by atoms with E-state index in [-0.39, 0.29) is 0 Å². The zero-order valence-electron chi connectivity index (χ0n) is 13.8. The Morgan fingerprint density at radius 3 is 1.55 bits per heavy atom. The first-order valence-corrected chi connectivity index (χ1v) is 8.22. The van der Waals surface area contributed by atoms with Crippen molar-refractivity contribution < 1.29 is 5.11 Å². The summed E-state index contributed by atoms with van der Waals surface area (Å²) >= 11 is 0. The van der Waals surface area contributed by atoms with Gasteiger partial charge in [-0.05, 0) is 30.5 Å². The predicted octanol–water partition coefficient (Wildman–Crippen LogP) is 4.47. The van der Waals surface area contributed by atoms with Gasteiger partial charge in [0.05, 0.1) is 0 Å². The smallest absolute Gasteiger partial charge is 0.115 e. The fourth-order valence-corrected chi connectivity index (χ4v) is 2.45. The van der Waals surface area contributed by atoms with Gasteiger partial charge in [-0.1, -0.05) is 87.4 Å². The average molecular weight is 299 g/mol. The lowest BCUT2D eigenvalue weighted by molar-refractivity contribution is 0.0702. The van der Waals surface area contributed by atoms with Gasteiger partial charge in [-0.3, -0.25) is 0 Å². The van der Waals surface area contributed by atoms with Gasteiger partial charge in [-0.2, -0.15) is 0 Å². The molecular weight excluding hydrogens is 270 g/mol. The molecule has 3 N–H and O–H groups in total. The van der Waals surface area contributed by atoms with E-state index in [0.717, 1.165) is 30.5 Å². The fourth-order valence-electron chi connectivity index (χ4n) is 2.45. The van der Waals surface area contributed by atoms with Crippen LogP contribution in [0.4, 0.5) is 0 Å². The summed E-state index contributed by atoms with van der Waals surface area (Å²) < 4.78 is 0. The summed E-state index contributed by atoms with van der Waals surface area (Å²) in [5.41, 5.74) is 6.21. The molecule has 2 nitrogen and oxygen atoms in total. The van der Waals surface area contributed by atoms with Gasteiger partial charge in [-0.15, -0.1) is 0 Å². The monoisotopic (exact) mass is 299 g/mol. The number of hydrogen-bond donors (Lipinski definition) is 2. The third-order valence-corrected chi connectivity index (χ3v) is 3.67. The van der Waals surface area contributed by atoms with Gasteiger partial charge in [0, 0.05) is 0 Å². The van der Waals surface area contributed by atoms with Crippen LogP contribution < -0.4 is 5.73 Å². The zero-order valence-corrected chi connectivity index (χ0v) is 13.8. The maximum Gasteiger partial charge on any atom is 0.115 e. The second-order valence-corrected chi connectivity index (χ2v) is 5.48. The van der Waals surface area contributed by atoms with E-state index in [2.05, 4.69) is 13.8 Å². The first kappa shape index (κ1) is 18.4. The summed E-state index contributed by atoms with van der Waals surface area (Å²) in [6, 6.07) is 19.8. The van der Waals surface area contributed by atoms with E-state index >= 15 is 0 Å². The third-order valence-electron chi connectivity index (χ3n) is 3.67.